The summed E-state index contributed by atoms with van der Waals surface area (Å²) in [6, 6.07) is 9.36. The van der Waals surface area contributed by atoms with E-state index in [4.69, 9.17) is 5.11 Å². The second-order valence-corrected chi connectivity index (χ2v) is 2.04. The van der Waals surface area contributed by atoms with Gasteiger partial charge in [-0.2, -0.15) is 7.05 Å². The van der Waals surface area contributed by atoms with Crippen LogP contribution in [0.1, 0.15) is 11.8 Å². The summed E-state index contributed by atoms with van der Waals surface area (Å²) in [6.07, 6.45) is -0.666. The average molecular weight is 136 g/mol. The molecule has 0 fully saturated rings. The minimum atomic E-state index is -0.666. The van der Waals surface area contributed by atoms with Crippen molar-refractivity contribution in [1.29, 1.82) is 0 Å². The SMILES string of the molecule is C[N-]C(O)c1ccccc1. The Bertz CT molecular complexity index is 186. The van der Waals surface area contributed by atoms with Gasteiger partial charge in [0.1, 0.15) is 0 Å². The minimum absolute atomic E-state index is 0.666. The Morgan fingerprint density at radius 3 is 2.40 bits per heavy atom. The number of nitrogens with zero attached hydrogens (tertiary/aromatic N) is 1. The first-order valence-electron chi connectivity index (χ1n) is 3.16. The predicted molar refractivity (Wildman–Crippen MR) is 40.7 cm³/mol. The van der Waals surface area contributed by atoms with E-state index in [0.717, 1.165) is 5.56 Å². The lowest BCUT2D eigenvalue weighted by Crippen LogP contribution is -1.92. The average Bonchev–Trinajstić information content (AvgIpc) is 2.05. The number of rotatable bonds is 2. The van der Waals surface area contributed by atoms with E-state index in [2.05, 4.69) is 5.32 Å². The van der Waals surface area contributed by atoms with Crippen LogP contribution in [0.2, 0.25) is 0 Å². The number of benzene rings is 1. The van der Waals surface area contributed by atoms with Gasteiger partial charge in [-0.3, -0.25) is 0 Å². The van der Waals surface area contributed by atoms with E-state index in [0.29, 0.717) is 0 Å². The fraction of sp³-hybridized carbons (Fsp3) is 0.250. The molecule has 1 rings (SSSR count). The lowest BCUT2D eigenvalue weighted by atomic mass is 10.2. The maximum absolute atomic E-state index is 9.16. The highest BCUT2D eigenvalue weighted by Crippen LogP contribution is 2.15. The molecule has 1 aromatic carbocycles. The van der Waals surface area contributed by atoms with Gasteiger partial charge in [0, 0.05) is 0 Å². The van der Waals surface area contributed by atoms with Crippen LogP contribution in [0.5, 0.6) is 0 Å². The van der Waals surface area contributed by atoms with E-state index < -0.39 is 6.23 Å². The van der Waals surface area contributed by atoms with Gasteiger partial charge in [0.05, 0.1) is 0 Å². The summed E-state index contributed by atoms with van der Waals surface area (Å²) in [6.45, 7) is 0. The molecule has 0 heterocycles. The molecule has 10 heavy (non-hydrogen) atoms. The fourth-order valence-corrected chi connectivity index (χ4v) is 0.774. The maximum atomic E-state index is 9.16. The van der Waals surface area contributed by atoms with Crippen molar-refractivity contribution in [1.82, 2.24) is 0 Å². The van der Waals surface area contributed by atoms with E-state index in [-0.39, 0.29) is 0 Å². The molecule has 54 valence electrons. The van der Waals surface area contributed by atoms with Crippen LogP contribution in [0.3, 0.4) is 0 Å². The van der Waals surface area contributed by atoms with Gasteiger partial charge in [0.2, 0.25) is 0 Å². The Hall–Kier alpha value is -0.860. The zero-order valence-corrected chi connectivity index (χ0v) is 5.86. The zero-order chi connectivity index (χ0) is 7.40. The third kappa shape index (κ3) is 1.56. The second-order valence-electron chi connectivity index (χ2n) is 2.04. The quantitative estimate of drug-likeness (QED) is 0.659. The van der Waals surface area contributed by atoms with Crippen molar-refractivity contribution < 1.29 is 5.11 Å². The Kier molecular flexibility index (Phi) is 2.42. The van der Waals surface area contributed by atoms with Gasteiger partial charge in [-0.15, -0.1) is 0 Å². The molecule has 0 aliphatic heterocycles. The summed E-state index contributed by atoms with van der Waals surface area (Å²) in [7, 11) is 1.59. The zero-order valence-electron chi connectivity index (χ0n) is 5.86. The summed E-state index contributed by atoms with van der Waals surface area (Å²) >= 11 is 0. The largest absolute Gasteiger partial charge is 0.636 e. The molecule has 1 unspecified atom stereocenters. The summed E-state index contributed by atoms with van der Waals surface area (Å²) in [5, 5.41) is 12.9. The normalized spacial score (nSPS) is 13.0. The molecule has 1 atom stereocenters. The topological polar surface area (TPSA) is 34.3 Å². The fourth-order valence-electron chi connectivity index (χ4n) is 0.774. The van der Waals surface area contributed by atoms with Crippen LogP contribution in [0.25, 0.3) is 5.32 Å². The molecule has 0 bridgehead atoms. The Labute approximate surface area is 60.5 Å². The molecule has 1 N–H and O–H groups in total. The highest BCUT2D eigenvalue weighted by Gasteiger charge is 1.90. The molecule has 0 aromatic heterocycles. The molecule has 1 aromatic rings. The Balaban J connectivity index is 2.75. The first kappa shape index (κ1) is 7.25. The Morgan fingerprint density at radius 2 is 1.90 bits per heavy atom. The first-order chi connectivity index (χ1) is 4.84. The van der Waals surface area contributed by atoms with Gasteiger partial charge in [-0.25, -0.2) is 0 Å². The van der Waals surface area contributed by atoms with Crippen LogP contribution in [0.15, 0.2) is 30.3 Å². The highest BCUT2D eigenvalue weighted by molar-refractivity contribution is 5.19. The van der Waals surface area contributed by atoms with E-state index in [1.807, 2.05) is 30.3 Å². The van der Waals surface area contributed by atoms with Crippen LogP contribution in [-0.2, 0) is 0 Å². The van der Waals surface area contributed by atoms with E-state index >= 15 is 0 Å². The lowest BCUT2D eigenvalue weighted by molar-refractivity contribution is 0.217. The van der Waals surface area contributed by atoms with E-state index in [1.165, 1.54) is 0 Å². The second kappa shape index (κ2) is 3.34. The van der Waals surface area contributed by atoms with E-state index in [1.54, 1.807) is 7.05 Å². The molecule has 0 spiro atoms. The predicted octanol–water partition coefficient (Wildman–Crippen LogP) is 1.68. The van der Waals surface area contributed by atoms with Crippen molar-refractivity contribution in [2.24, 2.45) is 0 Å². The van der Waals surface area contributed by atoms with Gasteiger partial charge < -0.3 is 10.4 Å². The van der Waals surface area contributed by atoms with Crippen LogP contribution < -0.4 is 0 Å². The third-order valence-corrected chi connectivity index (χ3v) is 1.34. The third-order valence-electron chi connectivity index (χ3n) is 1.34. The number of hydrogen-bond acceptors (Lipinski definition) is 1. The molecular weight excluding hydrogens is 126 g/mol. The van der Waals surface area contributed by atoms with Crippen LogP contribution in [-0.4, -0.2) is 12.2 Å². The lowest BCUT2D eigenvalue weighted by Gasteiger charge is -2.21. The van der Waals surface area contributed by atoms with Crippen molar-refractivity contribution in [3.63, 3.8) is 0 Å². The van der Waals surface area contributed by atoms with Crippen molar-refractivity contribution in [3.8, 4) is 0 Å². The summed E-state index contributed by atoms with van der Waals surface area (Å²) in [5.41, 5.74) is 0.838. The smallest absolute Gasteiger partial charge is 0.00859 e. The highest BCUT2D eigenvalue weighted by atomic mass is 16.3. The standard InChI is InChI=1S/C8H10NO/c1-9-8(10)7-5-3-2-4-6-7/h2-6,8,10H,1H3/q-1. The Morgan fingerprint density at radius 1 is 1.30 bits per heavy atom. The van der Waals surface area contributed by atoms with Crippen LogP contribution >= 0.6 is 0 Å². The summed E-state index contributed by atoms with van der Waals surface area (Å²) in [5.74, 6) is 0. The number of hydrogen-bond donors (Lipinski definition) is 1. The van der Waals surface area contributed by atoms with Crippen molar-refractivity contribution in [2.45, 2.75) is 6.23 Å². The van der Waals surface area contributed by atoms with Crippen LogP contribution in [0.4, 0.5) is 0 Å². The van der Waals surface area contributed by atoms with Gasteiger partial charge in [-0.05, 0) is 11.8 Å². The van der Waals surface area contributed by atoms with Gasteiger partial charge in [0.15, 0.2) is 0 Å². The van der Waals surface area contributed by atoms with Crippen LogP contribution in [0, 0.1) is 0 Å². The molecule has 2 heteroatoms. The van der Waals surface area contributed by atoms with Gasteiger partial charge in [-0.1, -0.05) is 30.3 Å². The number of aliphatic hydroxyl groups is 1. The molecular formula is C8H10NO-. The number of aliphatic hydroxyl groups excluding tert-OH is 1. The van der Waals surface area contributed by atoms with Gasteiger partial charge in [0.25, 0.3) is 0 Å². The monoisotopic (exact) mass is 136 g/mol. The van der Waals surface area contributed by atoms with Crippen molar-refractivity contribution in [2.75, 3.05) is 7.05 Å². The first-order valence-corrected chi connectivity index (χ1v) is 3.16. The van der Waals surface area contributed by atoms with E-state index in [9.17, 15) is 0 Å². The summed E-state index contributed by atoms with van der Waals surface area (Å²) < 4.78 is 0. The molecule has 0 aliphatic carbocycles. The molecule has 0 saturated heterocycles. The molecule has 0 saturated carbocycles. The van der Waals surface area contributed by atoms with Crippen molar-refractivity contribution in [3.05, 3.63) is 41.2 Å². The maximum Gasteiger partial charge on any atom is -0.00859 e. The molecule has 0 amide bonds. The molecule has 0 radical (unpaired) electrons. The van der Waals surface area contributed by atoms with Gasteiger partial charge >= 0.3 is 0 Å². The molecule has 0 aliphatic rings. The molecule has 2 nitrogen and oxygen atoms in total. The minimum Gasteiger partial charge on any atom is -0.636 e. The summed E-state index contributed by atoms with van der Waals surface area (Å²) in [4.78, 5) is 0. The van der Waals surface area contributed by atoms with Crippen molar-refractivity contribution >= 4 is 0 Å².